The Morgan fingerprint density at radius 1 is 1.29 bits per heavy atom. The number of aliphatic imine (C=N–C) groups is 1. The van der Waals surface area contributed by atoms with Crippen LogP contribution >= 0.6 is 0 Å². The molecule has 0 aromatic heterocycles. The van der Waals surface area contributed by atoms with Gasteiger partial charge in [0.25, 0.3) is 0 Å². The van der Waals surface area contributed by atoms with Crippen LogP contribution in [0.15, 0.2) is 35.3 Å². The highest BCUT2D eigenvalue weighted by atomic mass is 14.8. The van der Waals surface area contributed by atoms with Crippen molar-refractivity contribution in [2.45, 2.75) is 33.7 Å². The van der Waals surface area contributed by atoms with Crippen molar-refractivity contribution in [3.63, 3.8) is 0 Å². The summed E-state index contributed by atoms with van der Waals surface area (Å²) in [6, 6.07) is 10.2. The van der Waals surface area contributed by atoms with Crippen LogP contribution in [0.5, 0.6) is 0 Å². The first-order valence-corrected chi connectivity index (χ1v) is 5.01. The van der Waals surface area contributed by atoms with Gasteiger partial charge in [0.05, 0.1) is 7.41 Å². The van der Waals surface area contributed by atoms with Crippen molar-refractivity contribution in [1.82, 2.24) is 0 Å². The molecule has 0 unspecified atom stereocenters. The van der Waals surface area contributed by atoms with Crippen molar-refractivity contribution in [1.29, 1.82) is 0 Å². The maximum Gasteiger partial charge on any atom is 0.0793 e. The first-order chi connectivity index (χ1) is 6.91. The van der Waals surface area contributed by atoms with Crippen LogP contribution in [-0.2, 0) is 0 Å². The summed E-state index contributed by atoms with van der Waals surface area (Å²) in [5.74, 6) is 0. The van der Waals surface area contributed by atoms with Gasteiger partial charge >= 0.3 is 0 Å². The molecule has 1 rings (SSSR count). The Balaban J connectivity index is 2.84. The van der Waals surface area contributed by atoms with E-state index in [9.17, 15) is 0 Å². The van der Waals surface area contributed by atoms with Gasteiger partial charge in [0.2, 0.25) is 0 Å². The summed E-state index contributed by atoms with van der Waals surface area (Å²) in [7, 11) is 0. The molecule has 0 saturated carbocycles. The largest absolute Gasteiger partial charge is 0.289 e. The van der Waals surface area contributed by atoms with Gasteiger partial charge in [-0.1, -0.05) is 51.1 Å². The zero-order valence-electron chi connectivity index (χ0n) is 10.4. The second-order valence-electron chi connectivity index (χ2n) is 4.58. The summed E-state index contributed by atoms with van der Waals surface area (Å²) < 4.78 is 7.85. The molecule has 14 heavy (non-hydrogen) atoms. The standard InChI is InChI=1S/C13H19N/c1-11(14-10-13(2,3)4)12-8-6-5-7-9-12/h5-11H,1-4H3/t11-/m1/s1/i10D. The highest BCUT2D eigenvalue weighted by Crippen LogP contribution is 2.17. The van der Waals surface area contributed by atoms with E-state index >= 15 is 0 Å². The summed E-state index contributed by atoms with van der Waals surface area (Å²) in [6.45, 7) is 8.05. The van der Waals surface area contributed by atoms with E-state index < -0.39 is 0 Å². The minimum absolute atomic E-state index is 0.0675. The Labute approximate surface area is 88.3 Å². The lowest BCUT2D eigenvalue weighted by molar-refractivity contribution is 0.599. The molecule has 0 fully saturated rings. The maximum absolute atomic E-state index is 7.85. The molecule has 1 atom stereocenters. The van der Waals surface area contributed by atoms with Gasteiger partial charge in [-0.15, -0.1) is 0 Å². The predicted octanol–water partition coefficient (Wildman–Crippen LogP) is 3.86. The Bertz CT molecular complexity index is 335. The average molecular weight is 190 g/mol. The Morgan fingerprint density at radius 3 is 2.36 bits per heavy atom. The Kier molecular flexibility index (Phi) is 2.97. The maximum atomic E-state index is 7.85. The molecule has 0 heterocycles. The molecule has 0 aliphatic carbocycles. The van der Waals surface area contributed by atoms with E-state index in [1.165, 1.54) is 0 Å². The van der Waals surface area contributed by atoms with E-state index in [1.54, 1.807) is 0 Å². The molecule has 0 aliphatic rings. The molecule has 0 saturated heterocycles. The number of nitrogens with zero attached hydrogens (tertiary/aromatic N) is 1. The second kappa shape index (κ2) is 4.41. The van der Waals surface area contributed by atoms with Gasteiger partial charge in [-0.2, -0.15) is 0 Å². The molecule has 1 nitrogen and oxygen atoms in total. The number of hydrogen-bond donors (Lipinski definition) is 0. The molecular weight excluding hydrogens is 170 g/mol. The fraction of sp³-hybridized carbons (Fsp3) is 0.462. The summed E-state index contributed by atoms with van der Waals surface area (Å²) in [6.07, 6.45) is 0.457. The zero-order chi connectivity index (χ0) is 11.5. The monoisotopic (exact) mass is 190 g/mol. The van der Waals surface area contributed by atoms with Crippen molar-refractivity contribution >= 4 is 6.19 Å². The minimum atomic E-state index is -0.164. The fourth-order valence-corrected chi connectivity index (χ4v) is 1.10. The quantitative estimate of drug-likeness (QED) is 0.628. The third-order valence-corrected chi connectivity index (χ3v) is 1.88. The molecule has 0 aliphatic heterocycles. The predicted molar refractivity (Wildman–Crippen MR) is 62.8 cm³/mol. The first-order valence-electron chi connectivity index (χ1n) is 5.51. The number of rotatable bonds is 2. The van der Waals surface area contributed by atoms with Gasteiger partial charge in [-0.25, -0.2) is 0 Å². The van der Waals surface area contributed by atoms with Crippen LogP contribution in [0.4, 0.5) is 0 Å². The number of benzene rings is 1. The smallest absolute Gasteiger partial charge is 0.0793 e. The van der Waals surface area contributed by atoms with Crippen LogP contribution in [-0.4, -0.2) is 6.19 Å². The molecule has 76 valence electrons. The van der Waals surface area contributed by atoms with Crippen LogP contribution in [0.25, 0.3) is 0 Å². The van der Waals surface area contributed by atoms with Gasteiger partial charge < -0.3 is 0 Å². The van der Waals surface area contributed by atoms with Crippen molar-refractivity contribution in [3.05, 3.63) is 35.9 Å². The molecule has 0 radical (unpaired) electrons. The third-order valence-electron chi connectivity index (χ3n) is 1.88. The first kappa shape index (κ1) is 9.45. The summed E-state index contributed by atoms with van der Waals surface area (Å²) >= 11 is 0. The van der Waals surface area contributed by atoms with Crippen molar-refractivity contribution in [2.75, 3.05) is 0 Å². The summed E-state index contributed by atoms with van der Waals surface area (Å²) in [4.78, 5) is 4.40. The minimum Gasteiger partial charge on any atom is -0.289 e. The SMILES string of the molecule is [2H]C(=N[C@H](C)c1ccccc1)C(C)(C)C. The molecule has 1 aromatic rings. The van der Waals surface area contributed by atoms with E-state index in [2.05, 4.69) is 4.99 Å². The Morgan fingerprint density at radius 2 is 1.86 bits per heavy atom. The topological polar surface area (TPSA) is 12.4 Å². The Hall–Kier alpha value is -1.11. The molecule has 1 aromatic carbocycles. The van der Waals surface area contributed by atoms with Gasteiger partial charge in [-0.3, -0.25) is 4.99 Å². The second-order valence-corrected chi connectivity index (χ2v) is 4.58. The fourth-order valence-electron chi connectivity index (χ4n) is 1.10. The van der Waals surface area contributed by atoms with Crippen molar-refractivity contribution in [2.24, 2.45) is 10.4 Å². The van der Waals surface area contributed by atoms with Crippen LogP contribution < -0.4 is 0 Å². The lowest BCUT2D eigenvalue weighted by Gasteiger charge is -2.13. The highest BCUT2D eigenvalue weighted by Gasteiger charge is 2.07. The normalized spacial score (nSPS) is 16.3. The summed E-state index contributed by atoms with van der Waals surface area (Å²) in [5, 5.41) is 0. The molecular formula is C13H19N. The van der Waals surface area contributed by atoms with Gasteiger partial charge in [0.1, 0.15) is 0 Å². The molecule has 0 bridgehead atoms. The average Bonchev–Trinajstić information content (AvgIpc) is 2.17. The zero-order valence-corrected chi connectivity index (χ0v) is 9.41. The van der Waals surface area contributed by atoms with Crippen molar-refractivity contribution in [3.8, 4) is 0 Å². The van der Waals surface area contributed by atoms with Gasteiger partial charge in [0, 0.05) is 6.19 Å². The van der Waals surface area contributed by atoms with Crippen LogP contribution in [0.3, 0.4) is 0 Å². The van der Waals surface area contributed by atoms with E-state index in [0.717, 1.165) is 5.56 Å². The van der Waals surface area contributed by atoms with Gasteiger partial charge in [0.15, 0.2) is 0 Å². The molecule has 0 amide bonds. The van der Waals surface area contributed by atoms with Crippen molar-refractivity contribution < 1.29 is 1.37 Å². The summed E-state index contributed by atoms with van der Waals surface area (Å²) in [5.41, 5.74) is 0.995. The molecule has 0 N–H and O–H groups in total. The van der Waals surface area contributed by atoms with Crippen LogP contribution in [0, 0.1) is 5.41 Å². The van der Waals surface area contributed by atoms with Gasteiger partial charge in [-0.05, 0) is 17.9 Å². The lowest BCUT2D eigenvalue weighted by Crippen LogP contribution is -2.07. The van der Waals surface area contributed by atoms with E-state index in [-0.39, 0.29) is 11.5 Å². The van der Waals surface area contributed by atoms with E-state index in [1.807, 2.05) is 58.0 Å². The number of hydrogen-bond acceptors (Lipinski definition) is 1. The third kappa shape index (κ3) is 3.73. The van der Waals surface area contributed by atoms with Crippen LogP contribution in [0.1, 0.15) is 40.7 Å². The highest BCUT2D eigenvalue weighted by molar-refractivity contribution is 5.64. The lowest BCUT2D eigenvalue weighted by atomic mass is 9.99. The molecule has 0 spiro atoms. The molecule has 1 heteroatoms. The van der Waals surface area contributed by atoms with Crippen LogP contribution in [0.2, 0.25) is 0 Å². The van der Waals surface area contributed by atoms with E-state index in [4.69, 9.17) is 1.37 Å². The van der Waals surface area contributed by atoms with E-state index in [0.29, 0.717) is 6.19 Å².